The molecular formula is C16H20Cl3NO4S. The third-order valence-corrected chi connectivity index (χ3v) is 4.70. The molecule has 0 saturated heterocycles. The van der Waals surface area contributed by atoms with E-state index < -0.39 is 23.7 Å². The number of carboxylic acid groups (broad SMARTS) is 1. The summed E-state index contributed by atoms with van der Waals surface area (Å²) in [6, 6.07) is 1.58. The molecule has 0 saturated carbocycles. The van der Waals surface area contributed by atoms with Crippen molar-refractivity contribution in [2.75, 3.05) is 16.9 Å². The number of hydrogen-bond donors (Lipinski definition) is 1. The summed E-state index contributed by atoms with van der Waals surface area (Å²) in [5, 5.41) is 10.1. The van der Waals surface area contributed by atoms with Gasteiger partial charge < -0.3 is 9.84 Å². The smallest absolute Gasteiger partial charge is 0.415 e. The molecule has 0 aliphatic carbocycles. The molecule has 0 fully saturated rings. The van der Waals surface area contributed by atoms with Crippen molar-refractivity contribution in [3.8, 4) is 0 Å². The van der Waals surface area contributed by atoms with Crippen molar-refractivity contribution < 1.29 is 19.4 Å². The molecule has 1 N–H and O–H groups in total. The SMILES string of the molecule is CSCC[C@H](C(=O)O)N(C(=O)OC(C)(C)C)c1cc(Cl)c(Cl)cc1Cl. The van der Waals surface area contributed by atoms with Crippen LogP contribution in [0.5, 0.6) is 0 Å². The number of hydrogen-bond acceptors (Lipinski definition) is 4. The number of carbonyl (C=O) groups is 2. The Morgan fingerprint density at radius 2 is 1.76 bits per heavy atom. The lowest BCUT2D eigenvalue weighted by molar-refractivity contribution is -0.138. The summed E-state index contributed by atoms with van der Waals surface area (Å²) in [6.07, 6.45) is 1.25. The monoisotopic (exact) mass is 427 g/mol. The first kappa shape index (κ1) is 22.2. The van der Waals surface area contributed by atoms with E-state index >= 15 is 0 Å². The van der Waals surface area contributed by atoms with Crippen LogP contribution in [0.15, 0.2) is 12.1 Å². The lowest BCUT2D eigenvalue weighted by Crippen LogP contribution is -2.48. The number of aliphatic carboxylic acids is 1. The quantitative estimate of drug-likeness (QED) is 0.598. The van der Waals surface area contributed by atoms with E-state index in [4.69, 9.17) is 39.5 Å². The van der Waals surface area contributed by atoms with Crippen molar-refractivity contribution in [1.29, 1.82) is 0 Å². The van der Waals surface area contributed by atoms with Gasteiger partial charge in [-0.2, -0.15) is 11.8 Å². The molecule has 1 atom stereocenters. The summed E-state index contributed by atoms with van der Waals surface area (Å²) in [7, 11) is 0. The predicted octanol–water partition coefficient (Wildman–Crippen LogP) is 5.59. The fourth-order valence-corrected chi connectivity index (χ4v) is 3.08. The Kier molecular flexibility index (Phi) is 8.19. The number of amides is 1. The second kappa shape index (κ2) is 9.21. The zero-order valence-corrected chi connectivity index (χ0v) is 17.4. The average molecular weight is 429 g/mol. The fraction of sp³-hybridized carbons (Fsp3) is 0.500. The van der Waals surface area contributed by atoms with E-state index in [1.54, 1.807) is 20.8 Å². The van der Waals surface area contributed by atoms with E-state index in [0.717, 1.165) is 4.90 Å². The first-order valence-electron chi connectivity index (χ1n) is 7.36. The standard InChI is InChI=1S/C16H20Cl3NO4S/c1-16(2,3)24-15(23)20(12(14(21)22)5-6-25-4)13-8-10(18)9(17)7-11(13)19/h7-8,12H,5-6H2,1-4H3,(H,21,22)/t12-/m1/s1. The van der Waals surface area contributed by atoms with Gasteiger partial charge >= 0.3 is 12.1 Å². The molecule has 0 bridgehead atoms. The van der Waals surface area contributed by atoms with Crippen molar-refractivity contribution in [3.63, 3.8) is 0 Å². The predicted molar refractivity (Wildman–Crippen MR) is 105 cm³/mol. The van der Waals surface area contributed by atoms with Gasteiger partial charge in [-0.3, -0.25) is 4.90 Å². The van der Waals surface area contributed by atoms with Gasteiger partial charge in [0.05, 0.1) is 20.8 Å². The van der Waals surface area contributed by atoms with Crippen LogP contribution in [0.4, 0.5) is 10.5 Å². The summed E-state index contributed by atoms with van der Waals surface area (Å²) in [4.78, 5) is 25.5. The first-order valence-corrected chi connectivity index (χ1v) is 9.89. The maximum absolute atomic E-state index is 12.7. The van der Waals surface area contributed by atoms with Crippen molar-refractivity contribution in [1.82, 2.24) is 0 Å². The number of carboxylic acids is 1. The van der Waals surface area contributed by atoms with Crippen molar-refractivity contribution >= 4 is 64.3 Å². The number of rotatable bonds is 6. The highest BCUT2D eigenvalue weighted by Crippen LogP contribution is 2.36. The molecule has 0 spiro atoms. The Labute approximate surface area is 166 Å². The number of halogens is 3. The molecule has 0 aliphatic heterocycles. The van der Waals surface area contributed by atoms with Crippen LogP contribution >= 0.6 is 46.6 Å². The van der Waals surface area contributed by atoms with Crippen molar-refractivity contribution in [2.45, 2.75) is 38.8 Å². The van der Waals surface area contributed by atoms with Gasteiger partial charge in [-0.05, 0) is 51.3 Å². The van der Waals surface area contributed by atoms with Crippen LogP contribution in [0.25, 0.3) is 0 Å². The highest BCUT2D eigenvalue weighted by molar-refractivity contribution is 7.98. The van der Waals surface area contributed by atoms with Gasteiger partial charge in [0, 0.05) is 0 Å². The molecule has 5 nitrogen and oxygen atoms in total. The number of nitrogens with zero attached hydrogens (tertiary/aromatic N) is 1. The zero-order valence-electron chi connectivity index (χ0n) is 14.3. The van der Waals surface area contributed by atoms with Crippen LogP contribution in [0.2, 0.25) is 15.1 Å². The van der Waals surface area contributed by atoms with Crippen LogP contribution in [-0.4, -0.2) is 40.8 Å². The molecule has 140 valence electrons. The minimum atomic E-state index is -1.16. The Hall–Kier alpha value is -0.820. The first-order chi connectivity index (χ1) is 11.5. The number of ether oxygens (including phenoxy) is 1. The maximum Gasteiger partial charge on any atom is 0.415 e. The van der Waals surface area contributed by atoms with Gasteiger partial charge in [-0.15, -0.1) is 0 Å². The Morgan fingerprint density at radius 1 is 1.20 bits per heavy atom. The van der Waals surface area contributed by atoms with Gasteiger partial charge in [-0.25, -0.2) is 9.59 Å². The lowest BCUT2D eigenvalue weighted by atomic mass is 10.1. The number of thioether (sulfide) groups is 1. The minimum Gasteiger partial charge on any atom is -0.480 e. The molecule has 0 radical (unpaired) electrons. The number of carbonyl (C=O) groups excluding carboxylic acids is 1. The Balaban J connectivity index is 3.43. The normalized spacial score (nSPS) is 12.6. The van der Waals surface area contributed by atoms with Crippen LogP contribution in [0, 0.1) is 0 Å². The third-order valence-electron chi connectivity index (χ3n) is 3.03. The maximum atomic E-state index is 12.7. The fourth-order valence-electron chi connectivity index (χ4n) is 1.99. The van der Waals surface area contributed by atoms with E-state index in [1.807, 2.05) is 6.26 Å². The topological polar surface area (TPSA) is 66.8 Å². The number of anilines is 1. The van der Waals surface area contributed by atoms with Crippen LogP contribution < -0.4 is 4.90 Å². The second-order valence-electron chi connectivity index (χ2n) is 6.20. The molecule has 1 aromatic rings. The summed E-state index contributed by atoms with van der Waals surface area (Å²) in [6.45, 7) is 5.07. The van der Waals surface area contributed by atoms with E-state index in [-0.39, 0.29) is 27.2 Å². The zero-order chi connectivity index (χ0) is 19.4. The molecule has 0 aliphatic rings. The summed E-state index contributed by atoms with van der Waals surface area (Å²) < 4.78 is 5.37. The van der Waals surface area contributed by atoms with Gasteiger partial charge in [-0.1, -0.05) is 34.8 Å². The molecule has 1 rings (SSSR count). The van der Waals surface area contributed by atoms with E-state index in [0.29, 0.717) is 5.75 Å². The van der Waals surface area contributed by atoms with Crippen molar-refractivity contribution in [3.05, 3.63) is 27.2 Å². The van der Waals surface area contributed by atoms with E-state index in [2.05, 4.69) is 0 Å². The molecule has 0 aromatic heterocycles. The third kappa shape index (κ3) is 6.44. The molecule has 25 heavy (non-hydrogen) atoms. The lowest BCUT2D eigenvalue weighted by Gasteiger charge is -2.32. The highest BCUT2D eigenvalue weighted by atomic mass is 35.5. The number of benzene rings is 1. The summed E-state index contributed by atoms with van der Waals surface area (Å²) >= 11 is 19.6. The van der Waals surface area contributed by atoms with E-state index in [9.17, 15) is 14.7 Å². The molecule has 0 heterocycles. The van der Waals surface area contributed by atoms with Crippen LogP contribution in [-0.2, 0) is 9.53 Å². The van der Waals surface area contributed by atoms with Crippen LogP contribution in [0.1, 0.15) is 27.2 Å². The largest absolute Gasteiger partial charge is 0.480 e. The van der Waals surface area contributed by atoms with Gasteiger partial charge in [0.15, 0.2) is 0 Å². The van der Waals surface area contributed by atoms with Gasteiger partial charge in [0.1, 0.15) is 11.6 Å². The van der Waals surface area contributed by atoms with Gasteiger partial charge in [0.25, 0.3) is 0 Å². The molecule has 1 aromatic carbocycles. The molecule has 0 unspecified atom stereocenters. The summed E-state index contributed by atoms with van der Waals surface area (Å²) in [5.41, 5.74) is -0.667. The second-order valence-corrected chi connectivity index (χ2v) is 8.41. The highest BCUT2D eigenvalue weighted by Gasteiger charge is 2.35. The van der Waals surface area contributed by atoms with E-state index in [1.165, 1.54) is 23.9 Å². The molecule has 1 amide bonds. The molecular weight excluding hydrogens is 409 g/mol. The minimum absolute atomic E-state index is 0.107. The summed E-state index contributed by atoms with van der Waals surface area (Å²) in [5.74, 6) is -0.628. The Morgan fingerprint density at radius 3 is 2.24 bits per heavy atom. The van der Waals surface area contributed by atoms with Crippen LogP contribution in [0.3, 0.4) is 0 Å². The van der Waals surface area contributed by atoms with Crippen molar-refractivity contribution in [2.24, 2.45) is 0 Å². The molecule has 9 heteroatoms. The van der Waals surface area contributed by atoms with Gasteiger partial charge in [0.2, 0.25) is 0 Å². The average Bonchev–Trinajstić information content (AvgIpc) is 2.45. The Bertz CT molecular complexity index is 649.